The summed E-state index contributed by atoms with van der Waals surface area (Å²) in [5.41, 5.74) is 0.967. The van der Waals surface area contributed by atoms with Gasteiger partial charge in [0.15, 0.2) is 0 Å². The van der Waals surface area contributed by atoms with Gasteiger partial charge in [-0.15, -0.1) is 0 Å². The predicted molar refractivity (Wildman–Crippen MR) is 84.4 cm³/mol. The summed E-state index contributed by atoms with van der Waals surface area (Å²) in [7, 11) is 1.69. The number of rotatable bonds is 1. The van der Waals surface area contributed by atoms with E-state index in [4.69, 9.17) is 14.2 Å². The summed E-state index contributed by atoms with van der Waals surface area (Å²) in [4.78, 5) is 0. The number of hydrogen-bond donors (Lipinski definition) is 1. The molecule has 0 radical (unpaired) electrons. The van der Waals surface area contributed by atoms with Crippen molar-refractivity contribution in [1.82, 2.24) is 5.32 Å². The molecule has 4 heteroatoms. The van der Waals surface area contributed by atoms with Crippen molar-refractivity contribution in [2.45, 2.75) is 44.5 Å². The van der Waals surface area contributed by atoms with Crippen LogP contribution >= 0.6 is 0 Å². The van der Waals surface area contributed by atoms with Gasteiger partial charge in [-0.05, 0) is 51.3 Å². The van der Waals surface area contributed by atoms with E-state index in [1.807, 2.05) is 12.1 Å². The second-order valence-electron chi connectivity index (χ2n) is 7.30. The highest BCUT2D eigenvalue weighted by Crippen LogP contribution is 2.53. The molecule has 120 valence electrons. The maximum Gasteiger partial charge on any atom is 0.129 e. The second kappa shape index (κ2) is 5.14. The fraction of sp³-hybridized carbons (Fsp3) is 0.667. The van der Waals surface area contributed by atoms with Gasteiger partial charge in [-0.3, -0.25) is 0 Å². The number of ether oxygens (including phenoxy) is 3. The van der Waals surface area contributed by atoms with Gasteiger partial charge in [0.1, 0.15) is 17.1 Å². The standard InChI is InChI=1S/C18H25NO3/c1-18(2)14-8-11-10-19-7-6-15(11)21-17(14)13-5-4-12(20-3)9-16(13)22-18/h4-5,9,11,14-15,17,19H,6-8,10H2,1-3H3/t11-,14+,15+,17-/m0/s1. The molecule has 3 aliphatic rings. The van der Waals surface area contributed by atoms with Crippen LogP contribution in [0.3, 0.4) is 0 Å². The largest absolute Gasteiger partial charge is 0.497 e. The molecule has 2 fully saturated rings. The Morgan fingerprint density at radius 1 is 1.32 bits per heavy atom. The van der Waals surface area contributed by atoms with E-state index < -0.39 is 0 Å². The van der Waals surface area contributed by atoms with Crippen LogP contribution < -0.4 is 14.8 Å². The first-order valence-electron chi connectivity index (χ1n) is 8.31. The number of fused-ring (bicyclic) bond motifs is 4. The fourth-order valence-electron chi connectivity index (χ4n) is 4.31. The van der Waals surface area contributed by atoms with E-state index >= 15 is 0 Å². The van der Waals surface area contributed by atoms with Crippen molar-refractivity contribution < 1.29 is 14.2 Å². The van der Waals surface area contributed by atoms with Gasteiger partial charge in [0.05, 0.1) is 19.3 Å². The van der Waals surface area contributed by atoms with Crippen LogP contribution in [-0.4, -0.2) is 31.9 Å². The van der Waals surface area contributed by atoms with Crippen LogP contribution in [0.15, 0.2) is 18.2 Å². The summed E-state index contributed by atoms with van der Waals surface area (Å²) < 4.78 is 18.2. The van der Waals surface area contributed by atoms with Crippen molar-refractivity contribution in [2.75, 3.05) is 20.2 Å². The van der Waals surface area contributed by atoms with E-state index in [2.05, 4.69) is 25.2 Å². The third-order valence-electron chi connectivity index (χ3n) is 5.57. The number of piperidine rings is 1. The molecule has 0 amide bonds. The summed E-state index contributed by atoms with van der Waals surface area (Å²) in [6, 6.07) is 6.11. The molecule has 0 aliphatic carbocycles. The van der Waals surface area contributed by atoms with Crippen LogP contribution in [0.2, 0.25) is 0 Å². The maximum absolute atomic E-state index is 6.57. The SMILES string of the molecule is COc1ccc2c(c1)OC(C)(C)[C@@H]1C[C@H]3CNCC[C@H]3O[C@@H]21. The average molecular weight is 303 g/mol. The molecule has 0 spiro atoms. The van der Waals surface area contributed by atoms with E-state index in [9.17, 15) is 0 Å². The summed E-state index contributed by atoms with van der Waals surface area (Å²) in [6.07, 6.45) is 2.80. The lowest BCUT2D eigenvalue weighted by Gasteiger charge is -2.52. The van der Waals surface area contributed by atoms with Gasteiger partial charge in [-0.1, -0.05) is 0 Å². The zero-order valence-corrected chi connectivity index (χ0v) is 13.6. The maximum atomic E-state index is 6.57. The summed E-state index contributed by atoms with van der Waals surface area (Å²) in [5, 5.41) is 3.50. The normalized spacial score (nSPS) is 35.6. The van der Waals surface area contributed by atoms with Gasteiger partial charge in [0.2, 0.25) is 0 Å². The third-order valence-corrected chi connectivity index (χ3v) is 5.57. The van der Waals surface area contributed by atoms with Crippen molar-refractivity contribution in [3.63, 3.8) is 0 Å². The first-order chi connectivity index (χ1) is 10.6. The van der Waals surface area contributed by atoms with Crippen molar-refractivity contribution in [3.8, 4) is 11.5 Å². The molecule has 0 unspecified atom stereocenters. The minimum Gasteiger partial charge on any atom is -0.497 e. The Hall–Kier alpha value is -1.26. The Balaban J connectivity index is 1.72. The summed E-state index contributed by atoms with van der Waals surface area (Å²) in [5.74, 6) is 2.76. The van der Waals surface area contributed by atoms with E-state index in [0.29, 0.717) is 17.9 Å². The third kappa shape index (κ3) is 2.20. The molecule has 1 aromatic carbocycles. The van der Waals surface area contributed by atoms with E-state index in [0.717, 1.165) is 31.0 Å². The minimum atomic E-state index is -0.216. The van der Waals surface area contributed by atoms with E-state index in [1.54, 1.807) is 7.11 Å². The van der Waals surface area contributed by atoms with Crippen molar-refractivity contribution in [2.24, 2.45) is 11.8 Å². The van der Waals surface area contributed by atoms with Gasteiger partial charge < -0.3 is 19.5 Å². The molecule has 2 saturated heterocycles. The van der Waals surface area contributed by atoms with Gasteiger partial charge >= 0.3 is 0 Å². The monoisotopic (exact) mass is 303 g/mol. The summed E-state index contributed by atoms with van der Waals surface area (Å²) >= 11 is 0. The molecule has 0 saturated carbocycles. The van der Waals surface area contributed by atoms with Gasteiger partial charge in [0.25, 0.3) is 0 Å². The number of hydrogen-bond acceptors (Lipinski definition) is 4. The van der Waals surface area contributed by atoms with Crippen LogP contribution in [0.5, 0.6) is 11.5 Å². The van der Waals surface area contributed by atoms with Gasteiger partial charge in [0, 0.05) is 24.1 Å². The van der Waals surface area contributed by atoms with Crippen molar-refractivity contribution in [1.29, 1.82) is 0 Å². The van der Waals surface area contributed by atoms with Crippen LogP contribution in [0.4, 0.5) is 0 Å². The Labute approximate surface area is 132 Å². The Morgan fingerprint density at radius 2 is 2.18 bits per heavy atom. The van der Waals surface area contributed by atoms with Gasteiger partial charge in [-0.25, -0.2) is 0 Å². The predicted octanol–water partition coefficient (Wildman–Crippen LogP) is 2.92. The van der Waals surface area contributed by atoms with E-state index in [-0.39, 0.29) is 11.7 Å². The van der Waals surface area contributed by atoms with Crippen LogP contribution in [-0.2, 0) is 4.74 Å². The first-order valence-corrected chi connectivity index (χ1v) is 8.31. The average Bonchev–Trinajstić information content (AvgIpc) is 2.52. The first kappa shape index (κ1) is 14.3. The number of methoxy groups -OCH3 is 1. The second-order valence-corrected chi connectivity index (χ2v) is 7.30. The molecule has 0 bridgehead atoms. The molecule has 1 N–H and O–H groups in total. The molecule has 22 heavy (non-hydrogen) atoms. The summed E-state index contributed by atoms with van der Waals surface area (Å²) in [6.45, 7) is 6.51. The Kier molecular flexibility index (Phi) is 3.35. The minimum absolute atomic E-state index is 0.143. The molecular weight excluding hydrogens is 278 g/mol. The van der Waals surface area contributed by atoms with Crippen LogP contribution in [0.1, 0.15) is 38.4 Å². The lowest BCUT2D eigenvalue weighted by atomic mass is 9.71. The topological polar surface area (TPSA) is 39.7 Å². The molecule has 3 heterocycles. The molecule has 4 rings (SSSR count). The lowest BCUT2D eigenvalue weighted by molar-refractivity contribution is -0.178. The Bertz CT molecular complexity index is 571. The molecule has 1 aromatic rings. The van der Waals surface area contributed by atoms with Crippen LogP contribution in [0, 0.1) is 11.8 Å². The molecule has 4 atom stereocenters. The Morgan fingerprint density at radius 3 is 3.00 bits per heavy atom. The number of nitrogens with one attached hydrogen (secondary N) is 1. The van der Waals surface area contributed by atoms with E-state index in [1.165, 1.54) is 12.0 Å². The number of benzene rings is 1. The van der Waals surface area contributed by atoms with Crippen LogP contribution in [0.25, 0.3) is 0 Å². The smallest absolute Gasteiger partial charge is 0.129 e. The van der Waals surface area contributed by atoms with Gasteiger partial charge in [-0.2, -0.15) is 0 Å². The quantitative estimate of drug-likeness (QED) is 0.866. The molecule has 4 nitrogen and oxygen atoms in total. The highest BCUT2D eigenvalue weighted by molar-refractivity contribution is 5.44. The highest BCUT2D eigenvalue weighted by Gasteiger charge is 2.50. The molecular formula is C18H25NO3. The zero-order valence-electron chi connectivity index (χ0n) is 13.6. The van der Waals surface area contributed by atoms with Crippen molar-refractivity contribution >= 4 is 0 Å². The molecule has 0 aromatic heterocycles. The fourth-order valence-corrected chi connectivity index (χ4v) is 4.31. The lowest BCUT2D eigenvalue weighted by Crippen LogP contribution is -2.54. The zero-order chi connectivity index (χ0) is 15.3. The van der Waals surface area contributed by atoms with Crippen molar-refractivity contribution in [3.05, 3.63) is 23.8 Å². The highest BCUT2D eigenvalue weighted by atomic mass is 16.5. The molecule has 3 aliphatic heterocycles.